The monoisotopic (exact) mass is 829 g/mol. The SMILES string of the molecule is FC1=CC=CC2=C(C1)C1(c3c(F)cccc3-c3cccc(F)c31)c1c2cccc1-c1cc(N(c2ccc(-c3ccccc3)cc2)c2cccc(-c3ccccc3)c2)cc2ccccc12. The lowest BCUT2D eigenvalue weighted by atomic mass is 9.66. The maximum absolute atomic E-state index is 17.1. The van der Waals surface area contributed by atoms with E-state index in [1.54, 1.807) is 18.2 Å². The largest absolute Gasteiger partial charge is 0.310 e. The minimum atomic E-state index is -1.46. The topological polar surface area (TPSA) is 3.24 Å². The van der Waals surface area contributed by atoms with Crippen LogP contribution in [0, 0.1) is 11.6 Å². The minimum absolute atomic E-state index is 0.0939. The number of hydrogen-bond acceptors (Lipinski definition) is 1. The molecule has 0 radical (unpaired) electrons. The van der Waals surface area contributed by atoms with Gasteiger partial charge in [-0.2, -0.15) is 0 Å². The van der Waals surface area contributed by atoms with Crippen LogP contribution < -0.4 is 4.90 Å². The molecule has 3 aliphatic carbocycles. The van der Waals surface area contributed by atoms with Gasteiger partial charge in [0.25, 0.3) is 0 Å². The lowest BCUT2D eigenvalue weighted by Crippen LogP contribution is -2.30. The Hall–Kier alpha value is -7.95. The number of allylic oxidation sites excluding steroid dienone is 6. The first-order valence-corrected chi connectivity index (χ1v) is 21.6. The molecule has 0 aromatic heterocycles. The van der Waals surface area contributed by atoms with E-state index in [1.807, 2.05) is 66.7 Å². The van der Waals surface area contributed by atoms with E-state index in [9.17, 15) is 0 Å². The van der Waals surface area contributed by atoms with Crippen LogP contribution in [0.3, 0.4) is 0 Å². The molecule has 0 saturated carbocycles. The maximum Gasteiger partial charge on any atom is 0.128 e. The summed E-state index contributed by atoms with van der Waals surface area (Å²) in [4.78, 5) is 2.28. The van der Waals surface area contributed by atoms with Crippen molar-refractivity contribution >= 4 is 33.4 Å². The first kappa shape index (κ1) is 37.8. The standard InChI is InChI=1S/C60H38F3N/c61-43-20-10-23-48-49-24-11-25-52(57(49)60(54(48)36-43)58-50(26-12-28-55(58)62)51-27-13-29-56(63)59(51)60)53-37-46(35-42-18-7-8-22-47(42)53)64(44-32-30-40(31-33-44)38-14-3-1-4-15-38)45-21-9-19-41(34-45)39-16-5-2-6-17-39/h1-35,37H,36H2. The van der Waals surface area contributed by atoms with Crippen molar-refractivity contribution < 1.29 is 13.2 Å². The smallest absolute Gasteiger partial charge is 0.128 e. The minimum Gasteiger partial charge on any atom is -0.310 e. The van der Waals surface area contributed by atoms with Crippen LogP contribution in [0.4, 0.5) is 30.2 Å². The van der Waals surface area contributed by atoms with Crippen molar-refractivity contribution in [1.29, 1.82) is 0 Å². The van der Waals surface area contributed by atoms with Gasteiger partial charge in [0.1, 0.15) is 17.5 Å². The second-order valence-electron chi connectivity index (χ2n) is 16.7. The molecule has 1 spiro atoms. The zero-order valence-electron chi connectivity index (χ0n) is 34.6. The molecule has 304 valence electrons. The Morgan fingerprint density at radius 3 is 1.67 bits per heavy atom. The summed E-state index contributed by atoms with van der Waals surface area (Å²) >= 11 is 0. The van der Waals surface area contributed by atoms with Gasteiger partial charge in [-0.25, -0.2) is 13.2 Å². The number of nitrogens with zero attached hydrogens (tertiary/aromatic N) is 1. The lowest BCUT2D eigenvalue weighted by Gasteiger charge is -2.35. The van der Waals surface area contributed by atoms with Gasteiger partial charge in [-0.3, -0.25) is 0 Å². The van der Waals surface area contributed by atoms with Crippen LogP contribution in [0.5, 0.6) is 0 Å². The molecule has 0 heterocycles. The third-order valence-electron chi connectivity index (χ3n) is 13.3. The van der Waals surface area contributed by atoms with Crippen LogP contribution in [0.1, 0.15) is 28.7 Å². The first-order valence-electron chi connectivity index (χ1n) is 21.6. The summed E-state index contributed by atoms with van der Waals surface area (Å²) in [6.07, 6.45) is 4.99. The van der Waals surface area contributed by atoms with Crippen LogP contribution in [0.2, 0.25) is 0 Å². The molecule has 9 aromatic rings. The Balaban J connectivity index is 1.14. The van der Waals surface area contributed by atoms with Crippen molar-refractivity contribution in [2.45, 2.75) is 11.8 Å². The number of benzene rings is 9. The van der Waals surface area contributed by atoms with E-state index in [2.05, 4.69) is 120 Å². The highest BCUT2D eigenvalue weighted by molar-refractivity contribution is 6.06. The van der Waals surface area contributed by atoms with Crippen molar-refractivity contribution in [2.24, 2.45) is 0 Å². The lowest BCUT2D eigenvalue weighted by molar-refractivity contribution is 0.543. The molecule has 12 rings (SSSR count). The third-order valence-corrected chi connectivity index (χ3v) is 13.3. The number of anilines is 3. The molecule has 0 unspecified atom stereocenters. The fourth-order valence-electron chi connectivity index (χ4n) is 10.7. The van der Waals surface area contributed by atoms with Crippen molar-refractivity contribution in [3.63, 3.8) is 0 Å². The Labute approximate surface area is 370 Å². The molecule has 0 atom stereocenters. The third kappa shape index (κ3) is 5.72. The van der Waals surface area contributed by atoms with E-state index in [0.29, 0.717) is 27.8 Å². The maximum atomic E-state index is 17.1. The predicted octanol–water partition coefficient (Wildman–Crippen LogP) is 16.5. The van der Waals surface area contributed by atoms with Crippen LogP contribution in [-0.4, -0.2) is 0 Å². The van der Waals surface area contributed by atoms with Crippen molar-refractivity contribution in [2.75, 3.05) is 4.90 Å². The van der Waals surface area contributed by atoms with E-state index in [-0.39, 0.29) is 12.2 Å². The van der Waals surface area contributed by atoms with E-state index in [1.165, 1.54) is 18.2 Å². The van der Waals surface area contributed by atoms with E-state index in [4.69, 9.17) is 0 Å². The van der Waals surface area contributed by atoms with E-state index >= 15 is 13.2 Å². The van der Waals surface area contributed by atoms with Gasteiger partial charge in [-0.05, 0) is 132 Å². The molecule has 64 heavy (non-hydrogen) atoms. The quantitative estimate of drug-likeness (QED) is 0.161. The molecule has 0 N–H and O–H groups in total. The number of rotatable bonds is 6. The van der Waals surface area contributed by atoms with Gasteiger partial charge in [0.15, 0.2) is 0 Å². The summed E-state index contributed by atoms with van der Waals surface area (Å²) in [5, 5.41) is 1.98. The fraction of sp³-hybridized carbons (Fsp3) is 0.0333. The second-order valence-corrected chi connectivity index (χ2v) is 16.7. The molecule has 1 nitrogen and oxygen atoms in total. The second kappa shape index (κ2) is 14.9. The van der Waals surface area contributed by atoms with Crippen LogP contribution in [0.25, 0.3) is 60.9 Å². The van der Waals surface area contributed by atoms with Crippen LogP contribution in [0.15, 0.2) is 230 Å². The molecular formula is C60H38F3N. The van der Waals surface area contributed by atoms with Gasteiger partial charge in [-0.1, -0.05) is 164 Å². The summed E-state index contributed by atoms with van der Waals surface area (Å²) in [5.74, 6) is -1.28. The Kier molecular flexibility index (Phi) is 8.77. The summed E-state index contributed by atoms with van der Waals surface area (Å²) in [7, 11) is 0. The molecule has 0 aliphatic heterocycles. The Morgan fingerprint density at radius 2 is 0.969 bits per heavy atom. The van der Waals surface area contributed by atoms with Crippen molar-refractivity contribution in [3.8, 4) is 44.5 Å². The molecule has 9 aromatic carbocycles. The molecule has 0 bridgehead atoms. The Morgan fingerprint density at radius 1 is 0.406 bits per heavy atom. The van der Waals surface area contributed by atoms with Gasteiger partial charge in [0.2, 0.25) is 0 Å². The summed E-state index contributed by atoms with van der Waals surface area (Å²) in [6.45, 7) is 0. The number of halogens is 3. The molecular weight excluding hydrogens is 792 g/mol. The average Bonchev–Trinajstić information content (AvgIpc) is 3.69. The normalized spacial score (nSPS) is 14.2. The van der Waals surface area contributed by atoms with Crippen LogP contribution in [-0.2, 0) is 5.41 Å². The van der Waals surface area contributed by atoms with E-state index < -0.39 is 17.0 Å². The molecule has 4 heteroatoms. The number of fused-ring (bicyclic) bond motifs is 10. The average molecular weight is 830 g/mol. The van der Waals surface area contributed by atoms with Crippen molar-refractivity contribution in [1.82, 2.24) is 0 Å². The van der Waals surface area contributed by atoms with Gasteiger partial charge in [0.05, 0.1) is 5.41 Å². The Bertz CT molecular complexity index is 3380. The zero-order chi connectivity index (χ0) is 42.9. The highest BCUT2D eigenvalue weighted by atomic mass is 19.1. The zero-order valence-corrected chi connectivity index (χ0v) is 34.6. The van der Waals surface area contributed by atoms with E-state index in [0.717, 1.165) is 77.9 Å². The fourth-order valence-corrected chi connectivity index (χ4v) is 10.7. The molecule has 3 aliphatic rings. The van der Waals surface area contributed by atoms with Gasteiger partial charge < -0.3 is 4.90 Å². The first-order chi connectivity index (χ1) is 31.5. The summed E-state index contributed by atoms with van der Waals surface area (Å²) in [5.41, 5.74) is 12.5. The molecule has 0 saturated heterocycles. The molecule has 0 amide bonds. The highest BCUT2D eigenvalue weighted by Gasteiger charge is 2.56. The van der Waals surface area contributed by atoms with Crippen LogP contribution >= 0.6 is 0 Å². The summed E-state index contributed by atoms with van der Waals surface area (Å²) < 4.78 is 50.2. The molecule has 0 fully saturated rings. The summed E-state index contributed by atoms with van der Waals surface area (Å²) in [6, 6.07) is 66.8. The van der Waals surface area contributed by atoms with Gasteiger partial charge >= 0.3 is 0 Å². The number of hydrogen-bond donors (Lipinski definition) is 0. The van der Waals surface area contributed by atoms with Crippen molar-refractivity contribution in [3.05, 3.63) is 264 Å². The van der Waals surface area contributed by atoms with Gasteiger partial charge in [0, 0.05) is 34.6 Å². The predicted molar refractivity (Wildman–Crippen MR) is 256 cm³/mol. The highest BCUT2D eigenvalue weighted by Crippen LogP contribution is 2.66. The van der Waals surface area contributed by atoms with Gasteiger partial charge in [-0.15, -0.1) is 0 Å².